The number of hydrogen-bond acceptors (Lipinski definition) is 3. The van der Waals surface area contributed by atoms with Crippen LogP contribution in [0.25, 0.3) is 0 Å². The van der Waals surface area contributed by atoms with Crippen molar-refractivity contribution < 1.29 is 4.74 Å². The van der Waals surface area contributed by atoms with E-state index in [1.165, 1.54) is 25.9 Å². The van der Waals surface area contributed by atoms with Crippen molar-refractivity contribution in [1.29, 1.82) is 0 Å². The maximum Gasteiger partial charge on any atom is 0.0700 e. The number of rotatable bonds is 5. The molecule has 0 saturated carbocycles. The fourth-order valence-corrected chi connectivity index (χ4v) is 1.91. The lowest BCUT2D eigenvalue weighted by molar-refractivity contribution is -0.0391. The van der Waals surface area contributed by atoms with Crippen LogP contribution in [0.5, 0.6) is 0 Å². The molecule has 0 aromatic carbocycles. The van der Waals surface area contributed by atoms with Crippen LogP contribution in [0.4, 0.5) is 0 Å². The summed E-state index contributed by atoms with van der Waals surface area (Å²) in [6.07, 6.45) is 4.37. The molecule has 1 fully saturated rings. The highest BCUT2D eigenvalue weighted by Gasteiger charge is 2.19. The Bertz CT molecular complexity index is 144. The third-order valence-corrected chi connectivity index (χ3v) is 2.94. The van der Waals surface area contributed by atoms with Gasteiger partial charge in [-0.3, -0.25) is 0 Å². The van der Waals surface area contributed by atoms with Crippen LogP contribution < -0.4 is 5.32 Å². The van der Waals surface area contributed by atoms with Crippen molar-refractivity contribution in [3.05, 3.63) is 0 Å². The van der Waals surface area contributed by atoms with E-state index in [4.69, 9.17) is 4.74 Å². The van der Waals surface area contributed by atoms with E-state index in [1.54, 1.807) is 0 Å². The summed E-state index contributed by atoms with van der Waals surface area (Å²) in [5.41, 5.74) is 0. The second-order valence-electron chi connectivity index (χ2n) is 4.23. The standard InChI is InChI=1S/C11H24N2O/c1-4-10(9-12-2)14-11-5-7-13(3)8-6-11/h10-12H,4-9H2,1-3H3. The molecule has 0 aliphatic carbocycles. The Kier molecular flexibility index (Phi) is 5.45. The van der Waals surface area contributed by atoms with Crippen LogP contribution in [0.15, 0.2) is 0 Å². The van der Waals surface area contributed by atoms with Crippen molar-refractivity contribution in [2.75, 3.05) is 33.7 Å². The molecule has 3 heteroatoms. The number of piperidine rings is 1. The first-order chi connectivity index (χ1) is 6.76. The van der Waals surface area contributed by atoms with Crippen LogP contribution >= 0.6 is 0 Å². The highest BCUT2D eigenvalue weighted by Crippen LogP contribution is 2.14. The molecule has 0 aromatic rings. The van der Waals surface area contributed by atoms with Crippen LogP contribution in [-0.4, -0.2) is 50.8 Å². The predicted octanol–water partition coefficient (Wildman–Crippen LogP) is 1.10. The summed E-state index contributed by atoms with van der Waals surface area (Å²) in [6, 6.07) is 0. The van der Waals surface area contributed by atoms with Gasteiger partial charge in [0.1, 0.15) is 0 Å². The van der Waals surface area contributed by atoms with E-state index in [0.29, 0.717) is 12.2 Å². The van der Waals surface area contributed by atoms with Crippen molar-refractivity contribution >= 4 is 0 Å². The van der Waals surface area contributed by atoms with E-state index >= 15 is 0 Å². The Morgan fingerprint density at radius 3 is 2.57 bits per heavy atom. The molecule has 1 heterocycles. The number of nitrogens with one attached hydrogen (secondary N) is 1. The topological polar surface area (TPSA) is 24.5 Å². The molecule has 0 radical (unpaired) electrons. The summed E-state index contributed by atoms with van der Waals surface area (Å²) in [5, 5.41) is 3.18. The molecule has 1 atom stereocenters. The molecule has 1 saturated heterocycles. The van der Waals surface area contributed by atoms with Crippen LogP contribution in [0.3, 0.4) is 0 Å². The van der Waals surface area contributed by atoms with E-state index in [0.717, 1.165) is 13.0 Å². The lowest BCUT2D eigenvalue weighted by atomic mass is 10.1. The molecule has 3 nitrogen and oxygen atoms in total. The number of likely N-dealkylation sites (tertiary alicyclic amines) is 1. The number of hydrogen-bond donors (Lipinski definition) is 1. The van der Waals surface area contributed by atoms with Gasteiger partial charge in [-0.2, -0.15) is 0 Å². The second kappa shape index (κ2) is 6.38. The zero-order valence-corrected chi connectivity index (χ0v) is 9.75. The van der Waals surface area contributed by atoms with Gasteiger partial charge in [0.2, 0.25) is 0 Å². The molecule has 0 aromatic heterocycles. The average molecular weight is 200 g/mol. The molecule has 1 rings (SSSR count). The fraction of sp³-hybridized carbons (Fsp3) is 1.00. The molecular weight excluding hydrogens is 176 g/mol. The Balaban J connectivity index is 2.21. The van der Waals surface area contributed by atoms with Gasteiger partial charge in [0.05, 0.1) is 12.2 Å². The molecule has 1 unspecified atom stereocenters. The lowest BCUT2D eigenvalue weighted by Crippen LogP contribution is -2.38. The molecule has 0 amide bonds. The highest BCUT2D eigenvalue weighted by molar-refractivity contribution is 4.72. The van der Waals surface area contributed by atoms with Crippen molar-refractivity contribution in [3.8, 4) is 0 Å². The quantitative estimate of drug-likeness (QED) is 0.719. The minimum atomic E-state index is 0.397. The van der Waals surface area contributed by atoms with Crippen molar-refractivity contribution in [3.63, 3.8) is 0 Å². The van der Waals surface area contributed by atoms with Crippen LogP contribution in [0.1, 0.15) is 26.2 Å². The third kappa shape index (κ3) is 3.95. The first kappa shape index (κ1) is 12.0. The van der Waals surface area contributed by atoms with E-state index in [-0.39, 0.29) is 0 Å². The number of likely N-dealkylation sites (N-methyl/N-ethyl adjacent to an activating group) is 1. The molecule has 84 valence electrons. The molecule has 1 aliphatic rings. The summed E-state index contributed by atoms with van der Waals surface area (Å²) in [7, 11) is 4.17. The second-order valence-corrected chi connectivity index (χ2v) is 4.23. The largest absolute Gasteiger partial charge is 0.374 e. The summed E-state index contributed by atoms with van der Waals surface area (Å²) in [5.74, 6) is 0. The van der Waals surface area contributed by atoms with Gasteiger partial charge in [0.15, 0.2) is 0 Å². The van der Waals surface area contributed by atoms with Gasteiger partial charge in [0, 0.05) is 19.6 Å². The molecule has 1 aliphatic heterocycles. The van der Waals surface area contributed by atoms with Gasteiger partial charge < -0.3 is 15.0 Å². The Labute approximate surface area is 87.8 Å². The fourth-order valence-electron chi connectivity index (χ4n) is 1.91. The van der Waals surface area contributed by atoms with E-state index in [2.05, 4.69) is 24.2 Å². The Morgan fingerprint density at radius 2 is 2.07 bits per heavy atom. The highest BCUT2D eigenvalue weighted by atomic mass is 16.5. The lowest BCUT2D eigenvalue weighted by Gasteiger charge is -2.31. The summed E-state index contributed by atoms with van der Waals surface area (Å²) in [4.78, 5) is 2.37. The van der Waals surface area contributed by atoms with Crippen LogP contribution in [0, 0.1) is 0 Å². The van der Waals surface area contributed by atoms with Crippen LogP contribution in [-0.2, 0) is 4.74 Å². The zero-order valence-electron chi connectivity index (χ0n) is 9.75. The summed E-state index contributed by atoms with van der Waals surface area (Å²) < 4.78 is 6.04. The van der Waals surface area contributed by atoms with Gasteiger partial charge in [-0.15, -0.1) is 0 Å². The molecule has 0 spiro atoms. The van der Waals surface area contributed by atoms with Crippen molar-refractivity contribution in [1.82, 2.24) is 10.2 Å². The van der Waals surface area contributed by atoms with Gasteiger partial charge in [0.25, 0.3) is 0 Å². The van der Waals surface area contributed by atoms with Crippen molar-refractivity contribution in [2.45, 2.75) is 38.4 Å². The zero-order chi connectivity index (χ0) is 10.4. The molecule has 0 bridgehead atoms. The van der Waals surface area contributed by atoms with E-state index < -0.39 is 0 Å². The average Bonchev–Trinajstić information content (AvgIpc) is 2.20. The van der Waals surface area contributed by atoms with E-state index in [1.807, 2.05) is 7.05 Å². The number of nitrogens with zero attached hydrogens (tertiary/aromatic N) is 1. The minimum absolute atomic E-state index is 0.397. The molecule has 14 heavy (non-hydrogen) atoms. The van der Waals surface area contributed by atoms with Crippen molar-refractivity contribution in [2.24, 2.45) is 0 Å². The first-order valence-corrected chi connectivity index (χ1v) is 5.74. The minimum Gasteiger partial charge on any atom is -0.374 e. The molecule has 1 N–H and O–H groups in total. The Hall–Kier alpha value is -0.120. The van der Waals surface area contributed by atoms with Crippen LogP contribution in [0.2, 0.25) is 0 Å². The SMILES string of the molecule is CCC(CNC)OC1CCN(C)CC1. The van der Waals surface area contributed by atoms with Gasteiger partial charge in [-0.25, -0.2) is 0 Å². The summed E-state index contributed by atoms with van der Waals surface area (Å²) >= 11 is 0. The maximum atomic E-state index is 6.04. The third-order valence-electron chi connectivity index (χ3n) is 2.94. The smallest absolute Gasteiger partial charge is 0.0700 e. The van der Waals surface area contributed by atoms with Gasteiger partial charge in [-0.05, 0) is 33.4 Å². The maximum absolute atomic E-state index is 6.04. The normalized spacial score (nSPS) is 22.5. The van der Waals surface area contributed by atoms with Gasteiger partial charge in [-0.1, -0.05) is 6.92 Å². The first-order valence-electron chi connectivity index (χ1n) is 5.74. The Morgan fingerprint density at radius 1 is 1.43 bits per heavy atom. The monoisotopic (exact) mass is 200 g/mol. The van der Waals surface area contributed by atoms with E-state index in [9.17, 15) is 0 Å². The summed E-state index contributed by atoms with van der Waals surface area (Å²) in [6.45, 7) is 5.53. The number of ether oxygens (including phenoxy) is 1. The van der Waals surface area contributed by atoms with Gasteiger partial charge >= 0.3 is 0 Å². The predicted molar refractivity (Wildman–Crippen MR) is 59.6 cm³/mol. The molecular formula is C11H24N2O.